The second-order valence-electron chi connectivity index (χ2n) is 6.90. The average Bonchev–Trinajstić information content (AvgIpc) is 2.93. The van der Waals surface area contributed by atoms with Gasteiger partial charge in [0.2, 0.25) is 5.91 Å². The van der Waals surface area contributed by atoms with E-state index < -0.39 is 5.79 Å². The van der Waals surface area contributed by atoms with E-state index in [0.717, 1.165) is 17.7 Å². The summed E-state index contributed by atoms with van der Waals surface area (Å²) in [6.07, 6.45) is 1.17. The molecule has 0 spiro atoms. The van der Waals surface area contributed by atoms with Crippen molar-refractivity contribution in [2.45, 2.75) is 52.4 Å². The first-order valence-corrected chi connectivity index (χ1v) is 8.67. The number of ether oxygens (including phenoxy) is 3. The van der Waals surface area contributed by atoms with E-state index in [1.165, 1.54) is 0 Å². The van der Waals surface area contributed by atoms with E-state index in [4.69, 9.17) is 14.2 Å². The number of nitrogens with one attached hydrogen (secondary N) is 1. The summed E-state index contributed by atoms with van der Waals surface area (Å²) in [5.41, 5.74) is 0.908. The van der Waals surface area contributed by atoms with Crippen LogP contribution in [0.25, 0.3) is 0 Å². The Balaban J connectivity index is 1.81. The molecule has 0 bridgehead atoms. The van der Waals surface area contributed by atoms with Crippen LogP contribution in [0.15, 0.2) is 24.3 Å². The zero-order valence-corrected chi connectivity index (χ0v) is 15.1. The smallest absolute Gasteiger partial charge is 0.224 e. The predicted octanol–water partition coefficient (Wildman–Crippen LogP) is 2.92. The Hall–Kier alpha value is -1.59. The highest BCUT2D eigenvalue weighted by molar-refractivity contribution is 5.79. The molecule has 1 unspecified atom stereocenters. The third-order valence-electron chi connectivity index (χ3n) is 3.95. The molecule has 1 aromatic rings. The van der Waals surface area contributed by atoms with Crippen molar-refractivity contribution >= 4 is 5.91 Å². The predicted molar refractivity (Wildman–Crippen MR) is 93.0 cm³/mol. The van der Waals surface area contributed by atoms with Crippen molar-refractivity contribution in [2.24, 2.45) is 5.92 Å². The van der Waals surface area contributed by atoms with Crippen LogP contribution in [0, 0.1) is 5.92 Å². The molecule has 1 heterocycles. The van der Waals surface area contributed by atoms with E-state index in [2.05, 4.69) is 12.2 Å². The number of carbonyl (C=O) groups excluding carboxylic acids is 1. The van der Waals surface area contributed by atoms with Crippen LogP contribution in [-0.2, 0) is 20.7 Å². The van der Waals surface area contributed by atoms with Gasteiger partial charge < -0.3 is 19.5 Å². The zero-order valence-electron chi connectivity index (χ0n) is 15.1. The molecular weight excluding hydrogens is 306 g/mol. The maximum Gasteiger partial charge on any atom is 0.224 e. The molecule has 1 fully saturated rings. The fourth-order valence-corrected chi connectivity index (χ4v) is 2.92. The van der Waals surface area contributed by atoms with Crippen LogP contribution in [0.4, 0.5) is 0 Å². The van der Waals surface area contributed by atoms with Crippen LogP contribution in [0.1, 0.15) is 39.7 Å². The second kappa shape index (κ2) is 8.49. The topological polar surface area (TPSA) is 56.8 Å². The molecular formula is C19H29NO4. The number of hydrogen-bond donors (Lipinski definition) is 1. The molecule has 24 heavy (non-hydrogen) atoms. The Morgan fingerprint density at radius 1 is 1.25 bits per heavy atom. The third kappa shape index (κ3) is 5.80. The molecule has 1 amide bonds. The van der Waals surface area contributed by atoms with E-state index in [0.29, 0.717) is 26.2 Å². The van der Waals surface area contributed by atoms with Gasteiger partial charge in [-0.25, -0.2) is 0 Å². The number of hydrogen-bond acceptors (Lipinski definition) is 4. The molecule has 2 rings (SSSR count). The van der Waals surface area contributed by atoms with Gasteiger partial charge in [-0.1, -0.05) is 25.1 Å². The highest BCUT2D eigenvalue weighted by atomic mass is 16.7. The van der Waals surface area contributed by atoms with Gasteiger partial charge in [0.25, 0.3) is 0 Å². The van der Waals surface area contributed by atoms with Crippen LogP contribution in [-0.4, -0.2) is 37.6 Å². The first-order chi connectivity index (χ1) is 11.4. The van der Waals surface area contributed by atoms with Crippen molar-refractivity contribution in [2.75, 3.05) is 19.8 Å². The molecule has 1 N–H and O–H groups in total. The number of carbonyl (C=O) groups is 1. The number of benzene rings is 1. The lowest BCUT2D eigenvalue weighted by molar-refractivity contribution is -0.154. The normalized spacial score (nSPS) is 17.7. The standard InChI is InChI=1S/C19H29NO4/c1-14(2)24-17-8-6-5-7-16(17)11-18(21)20-13-15(3)12-19(4)22-9-10-23-19/h5-8,14-15H,9-13H2,1-4H3,(H,20,21). The van der Waals surface area contributed by atoms with Crippen molar-refractivity contribution in [3.63, 3.8) is 0 Å². The monoisotopic (exact) mass is 335 g/mol. The van der Waals surface area contributed by atoms with Crippen LogP contribution in [0.5, 0.6) is 5.75 Å². The maximum atomic E-state index is 12.2. The average molecular weight is 335 g/mol. The van der Waals surface area contributed by atoms with E-state index in [-0.39, 0.29) is 17.9 Å². The van der Waals surface area contributed by atoms with Gasteiger partial charge in [0.1, 0.15) is 5.75 Å². The Morgan fingerprint density at radius 3 is 2.58 bits per heavy atom. The molecule has 1 aliphatic rings. The Labute approximate surface area is 144 Å². The summed E-state index contributed by atoms with van der Waals surface area (Å²) in [4.78, 5) is 12.2. The van der Waals surface area contributed by atoms with Gasteiger partial charge in [-0.15, -0.1) is 0 Å². The van der Waals surface area contributed by atoms with Crippen molar-refractivity contribution in [1.82, 2.24) is 5.32 Å². The number of amides is 1. The molecule has 1 atom stereocenters. The summed E-state index contributed by atoms with van der Waals surface area (Å²) >= 11 is 0. The molecule has 1 aliphatic heterocycles. The van der Waals surface area contributed by atoms with Gasteiger partial charge in [-0.3, -0.25) is 4.79 Å². The van der Waals surface area contributed by atoms with E-state index >= 15 is 0 Å². The van der Waals surface area contributed by atoms with Gasteiger partial charge in [0, 0.05) is 18.5 Å². The summed E-state index contributed by atoms with van der Waals surface area (Å²) in [6, 6.07) is 7.68. The highest BCUT2D eigenvalue weighted by Crippen LogP contribution is 2.26. The highest BCUT2D eigenvalue weighted by Gasteiger charge is 2.32. The van der Waals surface area contributed by atoms with Gasteiger partial charge in [0.15, 0.2) is 5.79 Å². The molecule has 0 aliphatic carbocycles. The Morgan fingerprint density at radius 2 is 1.92 bits per heavy atom. The summed E-state index contributed by atoms with van der Waals surface area (Å²) in [5, 5.41) is 3.00. The van der Waals surface area contributed by atoms with Crippen LogP contribution in [0.2, 0.25) is 0 Å². The number of rotatable bonds is 8. The fourth-order valence-electron chi connectivity index (χ4n) is 2.92. The van der Waals surface area contributed by atoms with Crippen molar-refractivity contribution < 1.29 is 19.0 Å². The first kappa shape index (κ1) is 18.7. The summed E-state index contributed by atoms with van der Waals surface area (Å²) in [5.74, 6) is 0.539. The Kier molecular flexibility index (Phi) is 6.63. The maximum absolute atomic E-state index is 12.2. The lowest BCUT2D eigenvalue weighted by atomic mass is 10.0. The third-order valence-corrected chi connectivity index (χ3v) is 3.95. The minimum atomic E-state index is -0.512. The zero-order chi connectivity index (χ0) is 17.6. The molecule has 1 aromatic carbocycles. The van der Waals surface area contributed by atoms with Gasteiger partial charge in [-0.2, -0.15) is 0 Å². The lowest BCUT2D eigenvalue weighted by Crippen LogP contribution is -2.35. The SMILES string of the molecule is CC(CNC(=O)Cc1ccccc1OC(C)C)CC1(C)OCCO1. The van der Waals surface area contributed by atoms with E-state index in [9.17, 15) is 4.79 Å². The molecule has 0 radical (unpaired) electrons. The van der Waals surface area contributed by atoms with Crippen LogP contribution in [0.3, 0.4) is 0 Å². The van der Waals surface area contributed by atoms with Gasteiger partial charge >= 0.3 is 0 Å². The van der Waals surface area contributed by atoms with Crippen LogP contribution >= 0.6 is 0 Å². The quantitative estimate of drug-likeness (QED) is 0.793. The minimum absolute atomic E-state index is 0.0000628. The largest absolute Gasteiger partial charge is 0.491 e. The molecule has 1 saturated heterocycles. The van der Waals surface area contributed by atoms with Crippen molar-refractivity contribution in [3.8, 4) is 5.75 Å². The molecule has 0 saturated carbocycles. The van der Waals surface area contributed by atoms with E-state index in [1.54, 1.807) is 0 Å². The lowest BCUT2D eigenvalue weighted by Gasteiger charge is -2.26. The molecule has 134 valence electrons. The van der Waals surface area contributed by atoms with Crippen molar-refractivity contribution in [3.05, 3.63) is 29.8 Å². The minimum Gasteiger partial charge on any atom is -0.491 e. The number of para-hydroxylation sites is 1. The molecule has 5 nitrogen and oxygen atoms in total. The van der Waals surface area contributed by atoms with Gasteiger partial charge in [0.05, 0.1) is 25.7 Å². The summed E-state index contributed by atoms with van der Waals surface area (Å²) in [7, 11) is 0. The van der Waals surface area contributed by atoms with Gasteiger partial charge in [-0.05, 0) is 32.8 Å². The summed E-state index contributed by atoms with van der Waals surface area (Å²) < 4.78 is 17.0. The second-order valence-corrected chi connectivity index (χ2v) is 6.90. The van der Waals surface area contributed by atoms with Crippen molar-refractivity contribution in [1.29, 1.82) is 0 Å². The first-order valence-electron chi connectivity index (χ1n) is 8.67. The van der Waals surface area contributed by atoms with Crippen LogP contribution < -0.4 is 10.1 Å². The summed E-state index contributed by atoms with van der Waals surface area (Å²) in [6.45, 7) is 9.89. The molecule has 5 heteroatoms. The fraction of sp³-hybridized carbons (Fsp3) is 0.632. The van der Waals surface area contributed by atoms with E-state index in [1.807, 2.05) is 45.0 Å². The molecule has 0 aromatic heterocycles. The Bertz CT molecular complexity index is 538.